The van der Waals surface area contributed by atoms with Crippen LogP contribution in [0.5, 0.6) is 5.75 Å². The molecule has 0 unspecified atom stereocenters. The summed E-state index contributed by atoms with van der Waals surface area (Å²) in [6.45, 7) is -2.16. The molecule has 0 amide bonds. The van der Waals surface area contributed by atoms with Crippen molar-refractivity contribution < 1.29 is 13.5 Å². The molecule has 0 atom stereocenters. The third-order valence-electron chi connectivity index (χ3n) is 2.34. The molecule has 0 fully saturated rings. The first kappa shape index (κ1) is 12.0. The molecule has 0 aliphatic carbocycles. The summed E-state index contributed by atoms with van der Waals surface area (Å²) in [5.74, 6) is -0.0121. The van der Waals surface area contributed by atoms with Crippen LogP contribution in [-0.4, -0.2) is 25.2 Å². The van der Waals surface area contributed by atoms with E-state index in [1.54, 1.807) is 12.1 Å². The number of anilines is 1. The summed E-state index contributed by atoms with van der Waals surface area (Å²) in [5.41, 5.74) is 0.831. The van der Waals surface area contributed by atoms with Gasteiger partial charge in [-0.25, -0.2) is 0 Å². The fourth-order valence-corrected chi connectivity index (χ4v) is 1.78. The zero-order chi connectivity index (χ0) is 12.4. The van der Waals surface area contributed by atoms with Gasteiger partial charge in [0.1, 0.15) is 5.75 Å². The van der Waals surface area contributed by atoms with Crippen LogP contribution >= 0.6 is 11.6 Å². The quantitative estimate of drug-likeness (QED) is 0.830. The number of ether oxygens (including phenoxy) is 1. The van der Waals surface area contributed by atoms with E-state index in [9.17, 15) is 8.78 Å². The van der Waals surface area contributed by atoms with Crippen molar-refractivity contribution in [1.82, 2.24) is 4.90 Å². The first-order chi connectivity index (χ1) is 8.06. The molecule has 92 valence electrons. The zero-order valence-electron chi connectivity index (χ0n) is 9.11. The van der Waals surface area contributed by atoms with Crippen molar-refractivity contribution in [3.63, 3.8) is 0 Å². The van der Waals surface area contributed by atoms with Gasteiger partial charge in [0.2, 0.25) is 0 Å². The molecular weight excluding hydrogens is 250 g/mol. The van der Waals surface area contributed by atoms with Gasteiger partial charge >= 0.3 is 6.61 Å². The van der Waals surface area contributed by atoms with Crippen molar-refractivity contribution in [2.75, 3.05) is 18.6 Å². The van der Waals surface area contributed by atoms with Crippen LogP contribution in [-0.2, 0) is 0 Å². The second-order valence-electron chi connectivity index (χ2n) is 3.66. The lowest BCUT2D eigenvalue weighted by atomic mass is 10.3. The monoisotopic (exact) mass is 260 g/mol. The van der Waals surface area contributed by atoms with Gasteiger partial charge in [0.15, 0.2) is 0 Å². The van der Waals surface area contributed by atoms with Gasteiger partial charge in [-0.05, 0) is 18.2 Å². The molecule has 0 N–H and O–H groups in total. The normalized spacial score (nSPS) is 14.9. The topological polar surface area (TPSA) is 15.7 Å². The van der Waals surface area contributed by atoms with Crippen LogP contribution in [0.3, 0.4) is 0 Å². The molecule has 2 rings (SSSR count). The van der Waals surface area contributed by atoms with Gasteiger partial charge in [0.05, 0.1) is 11.7 Å². The molecule has 1 aliphatic rings. The summed E-state index contributed by atoms with van der Waals surface area (Å²) in [5, 5.41) is 0.172. The summed E-state index contributed by atoms with van der Waals surface area (Å²) in [6, 6.07) is 4.73. The van der Waals surface area contributed by atoms with Gasteiger partial charge in [0, 0.05) is 25.1 Å². The van der Waals surface area contributed by atoms with Crippen molar-refractivity contribution >= 4 is 17.3 Å². The Kier molecular flexibility index (Phi) is 3.38. The van der Waals surface area contributed by atoms with Crippen LogP contribution < -0.4 is 9.64 Å². The highest BCUT2D eigenvalue weighted by Gasteiger charge is 2.14. The van der Waals surface area contributed by atoms with E-state index >= 15 is 0 Å². The summed E-state index contributed by atoms with van der Waals surface area (Å²) in [7, 11) is 1.94. The lowest BCUT2D eigenvalue weighted by molar-refractivity contribution is -0.0497. The smallest absolute Gasteiger partial charge is 0.387 e. The van der Waals surface area contributed by atoms with Gasteiger partial charge in [0.25, 0.3) is 0 Å². The Balaban J connectivity index is 2.16. The fraction of sp³-hybridized carbons (Fsp3) is 0.273. The van der Waals surface area contributed by atoms with E-state index in [1.807, 2.05) is 29.2 Å². The maximum atomic E-state index is 12.0. The van der Waals surface area contributed by atoms with Gasteiger partial charge < -0.3 is 14.5 Å². The lowest BCUT2D eigenvalue weighted by Gasteiger charge is -2.19. The third-order valence-corrected chi connectivity index (χ3v) is 2.64. The number of hydrogen-bond acceptors (Lipinski definition) is 3. The molecule has 1 heterocycles. The Morgan fingerprint density at radius 2 is 2.12 bits per heavy atom. The van der Waals surface area contributed by atoms with Gasteiger partial charge in [-0.3, -0.25) is 0 Å². The molecular formula is C11H11ClF2N2O. The molecule has 1 aromatic rings. The Bertz CT molecular complexity index is 439. The highest BCUT2D eigenvalue weighted by atomic mass is 35.5. The Labute approximate surface area is 103 Å². The van der Waals surface area contributed by atoms with Crippen molar-refractivity contribution in [1.29, 1.82) is 0 Å². The number of hydrogen-bond donors (Lipinski definition) is 0. The summed E-state index contributed by atoms with van der Waals surface area (Å²) < 4.78 is 28.4. The highest BCUT2D eigenvalue weighted by Crippen LogP contribution is 2.31. The fourth-order valence-electron chi connectivity index (χ4n) is 1.56. The molecule has 1 aromatic carbocycles. The van der Waals surface area contributed by atoms with Crippen LogP contribution in [0, 0.1) is 0 Å². The van der Waals surface area contributed by atoms with Gasteiger partial charge in [-0.1, -0.05) is 11.6 Å². The van der Waals surface area contributed by atoms with Gasteiger partial charge in [-0.15, -0.1) is 0 Å². The van der Waals surface area contributed by atoms with Crippen molar-refractivity contribution in [3.05, 3.63) is 35.6 Å². The lowest BCUT2D eigenvalue weighted by Crippen LogP contribution is -2.21. The van der Waals surface area contributed by atoms with Gasteiger partial charge in [-0.2, -0.15) is 8.78 Å². The number of rotatable bonds is 3. The van der Waals surface area contributed by atoms with E-state index in [4.69, 9.17) is 11.6 Å². The summed E-state index contributed by atoms with van der Waals surface area (Å²) in [4.78, 5) is 3.93. The second kappa shape index (κ2) is 4.79. The van der Waals surface area contributed by atoms with Crippen LogP contribution in [0.15, 0.2) is 30.6 Å². The largest absolute Gasteiger partial charge is 0.433 e. The minimum atomic E-state index is -2.86. The third kappa shape index (κ3) is 2.79. The molecule has 0 saturated carbocycles. The molecule has 0 aromatic heterocycles. The predicted molar refractivity (Wildman–Crippen MR) is 62.3 cm³/mol. The van der Waals surface area contributed by atoms with Crippen molar-refractivity contribution in [2.24, 2.45) is 0 Å². The first-order valence-electron chi connectivity index (χ1n) is 4.96. The molecule has 0 spiro atoms. The second-order valence-corrected chi connectivity index (χ2v) is 4.07. The first-order valence-corrected chi connectivity index (χ1v) is 5.33. The minimum Gasteiger partial charge on any atom is -0.433 e. The number of benzene rings is 1. The maximum absolute atomic E-state index is 12.0. The SMILES string of the molecule is CN1C=CN(c2ccc(OC(F)F)c(Cl)c2)C1. The molecule has 0 bridgehead atoms. The van der Waals surface area contributed by atoms with E-state index in [2.05, 4.69) is 4.74 Å². The van der Waals surface area contributed by atoms with E-state index in [0.29, 0.717) is 6.67 Å². The van der Waals surface area contributed by atoms with Crippen LogP contribution in [0.4, 0.5) is 14.5 Å². The van der Waals surface area contributed by atoms with E-state index in [0.717, 1.165) is 5.69 Å². The average Bonchev–Trinajstić information content (AvgIpc) is 2.67. The van der Waals surface area contributed by atoms with Crippen LogP contribution in [0.1, 0.15) is 0 Å². The molecule has 3 nitrogen and oxygen atoms in total. The molecule has 0 saturated heterocycles. The predicted octanol–water partition coefficient (Wildman–Crippen LogP) is 3.12. The van der Waals surface area contributed by atoms with E-state index < -0.39 is 6.61 Å². The van der Waals surface area contributed by atoms with Crippen LogP contribution in [0.25, 0.3) is 0 Å². The Hall–Kier alpha value is -1.49. The number of alkyl halides is 2. The number of halogens is 3. The highest BCUT2D eigenvalue weighted by molar-refractivity contribution is 6.32. The van der Waals surface area contributed by atoms with Crippen molar-refractivity contribution in [2.45, 2.75) is 6.61 Å². The van der Waals surface area contributed by atoms with E-state index in [-0.39, 0.29) is 10.8 Å². The standard InChI is InChI=1S/C11H11ClF2N2O/c1-15-4-5-16(7-15)8-2-3-10(9(12)6-8)17-11(13)14/h2-6,11H,7H2,1H3. The van der Waals surface area contributed by atoms with E-state index in [1.165, 1.54) is 6.07 Å². The summed E-state index contributed by atoms with van der Waals surface area (Å²) >= 11 is 5.87. The number of nitrogens with zero attached hydrogens (tertiary/aromatic N) is 2. The zero-order valence-corrected chi connectivity index (χ0v) is 9.86. The Morgan fingerprint density at radius 3 is 2.65 bits per heavy atom. The summed E-state index contributed by atoms with van der Waals surface area (Å²) in [6.07, 6.45) is 3.80. The molecule has 1 aliphatic heterocycles. The Morgan fingerprint density at radius 1 is 1.35 bits per heavy atom. The maximum Gasteiger partial charge on any atom is 0.387 e. The molecule has 17 heavy (non-hydrogen) atoms. The average molecular weight is 261 g/mol. The molecule has 6 heteroatoms. The van der Waals surface area contributed by atoms with Crippen LogP contribution in [0.2, 0.25) is 5.02 Å². The van der Waals surface area contributed by atoms with Crippen molar-refractivity contribution in [3.8, 4) is 5.75 Å². The minimum absolute atomic E-state index is 0.0121. The molecule has 0 radical (unpaired) electrons.